The summed E-state index contributed by atoms with van der Waals surface area (Å²) < 4.78 is 12.2. The van der Waals surface area contributed by atoms with E-state index in [0.717, 1.165) is 64.5 Å². The Bertz CT molecular complexity index is 942. The zero-order chi connectivity index (χ0) is 23.2. The minimum Gasteiger partial charge on any atom is -0.462 e. The van der Waals surface area contributed by atoms with E-state index in [-0.39, 0.29) is 11.9 Å². The molecule has 0 aliphatic carbocycles. The van der Waals surface area contributed by atoms with Crippen molar-refractivity contribution in [3.8, 4) is 5.69 Å². The Hall–Kier alpha value is -2.71. The highest BCUT2D eigenvalue weighted by Gasteiger charge is 2.24. The molecule has 0 atom stereocenters. The van der Waals surface area contributed by atoms with Crippen molar-refractivity contribution >= 4 is 11.9 Å². The molecule has 0 spiro atoms. The number of benzene rings is 1. The van der Waals surface area contributed by atoms with E-state index in [0.29, 0.717) is 29.3 Å². The van der Waals surface area contributed by atoms with Gasteiger partial charge in [0.2, 0.25) is 0 Å². The highest BCUT2D eigenvalue weighted by molar-refractivity contribution is 5.94. The molecule has 2 saturated heterocycles. The smallest absolute Gasteiger partial charge is 0.341 e. The molecule has 1 aromatic carbocycles. The molecular formula is C25H34N4O4. The average molecular weight is 455 g/mol. The largest absolute Gasteiger partial charge is 0.462 e. The second kappa shape index (κ2) is 10.9. The summed E-state index contributed by atoms with van der Waals surface area (Å²) in [5.41, 5.74) is 2.66. The maximum Gasteiger partial charge on any atom is 0.341 e. The van der Waals surface area contributed by atoms with Gasteiger partial charge in [-0.15, -0.1) is 0 Å². The second-order valence-corrected chi connectivity index (χ2v) is 8.80. The predicted octanol–water partition coefficient (Wildman–Crippen LogP) is 2.93. The number of hydrogen-bond acceptors (Lipinski definition) is 6. The van der Waals surface area contributed by atoms with Crippen LogP contribution in [0.1, 0.15) is 52.6 Å². The van der Waals surface area contributed by atoms with Crippen molar-refractivity contribution in [1.82, 2.24) is 19.6 Å². The van der Waals surface area contributed by atoms with Crippen LogP contribution < -0.4 is 0 Å². The zero-order valence-corrected chi connectivity index (χ0v) is 19.7. The number of amides is 1. The van der Waals surface area contributed by atoms with Gasteiger partial charge in [-0.1, -0.05) is 0 Å². The molecule has 0 saturated carbocycles. The maximum atomic E-state index is 13.0. The summed E-state index contributed by atoms with van der Waals surface area (Å²) in [4.78, 5) is 29.5. The van der Waals surface area contributed by atoms with Crippen molar-refractivity contribution in [2.75, 3.05) is 52.5 Å². The lowest BCUT2D eigenvalue weighted by Gasteiger charge is -2.34. The molecule has 178 valence electrons. The zero-order valence-electron chi connectivity index (χ0n) is 19.7. The minimum atomic E-state index is -0.374. The van der Waals surface area contributed by atoms with Crippen LogP contribution in [0.5, 0.6) is 0 Å². The molecule has 8 heteroatoms. The Balaban J connectivity index is 1.30. The van der Waals surface area contributed by atoms with Crippen molar-refractivity contribution in [1.29, 1.82) is 0 Å². The highest BCUT2D eigenvalue weighted by Crippen LogP contribution is 2.23. The molecule has 0 bridgehead atoms. The number of likely N-dealkylation sites (tertiary alicyclic amines) is 1. The topological polar surface area (TPSA) is 76.9 Å². The summed E-state index contributed by atoms with van der Waals surface area (Å²) in [6.45, 7) is 10.5. The Morgan fingerprint density at radius 2 is 1.79 bits per heavy atom. The van der Waals surface area contributed by atoms with E-state index in [1.165, 1.54) is 12.6 Å². The highest BCUT2D eigenvalue weighted by atomic mass is 16.5. The molecule has 1 amide bonds. The lowest BCUT2D eigenvalue weighted by molar-refractivity contribution is 0.0332. The molecule has 1 aromatic heterocycles. The van der Waals surface area contributed by atoms with E-state index in [4.69, 9.17) is 9.47 Å². The number of carbonyl (C=O) groups excluding carboxylic acids is 2. The van der Waals surface area contributed by atoms with Crippen LogP contribution in [0.3, 0.4) is 0 Å². The third kappa shape index (κ3) is 5.62. The van der Waals surface area contributed by atoms with Crippen LogP contribution in [0.25, 0.3) is 5.69 Å². The van der Waals surface area contributed by atoms with Gasteiger partial charge in [0.25, 0.3) is 5.91 Å². The molecule has 3 heterocycles. The number of piperidine rings is 1. The van der Waals surface area contributed by atoms with Crippen molar-refractivity contribution in [3.63, 3.8) is 0 Å². The first-order valence-corrected chi connectivity index (χ1v) is 12.0. The van der Waals surface area contributed by atoms with E-state index < -0.39 is 0 Å². The van der Waals surface area contributed by atoms with Gasteiger partial charge >= 0.3 is 5.97 Å². The van der Waals surface area contributed by atoms with Gasteiger partial charge in [0.05, 0.1) is 37.4 Å². The fourth-order valence-corrected chi connectivity index (χ4v) is 4.62. The average Bonchev–Trinajstić information content (AvgIpc) is 3.25. The van der Waals surface area contributed by atoms with Gasteiger partial charge in [0, 0.05) is 31.7 Å². The minimum absolute atomic E-state index is 0.0811. The molecule has 2 aliphatic heterocycles. The Morgan fingerprint density at radius 1 is 1.09 bits per heavy atom. The van der Waals surface area contributed by atoms with Gasteiger partial charge in [-0.25, -0.2) is 9.48 Å². The Labute approximate surface area is 195 Å². The first kappa shape index (κ1) is 23.4. The normalized spacial score (nSPS) is 17.8. The Kier molecular flexibility index (Phi) is 7.77. The number of carbonyl (C=O) groups is 2. The molecule has 0 radical (unpaired) electrons. The predicted molar refractivity (Wildman–Crippen MR) is 125 cm³/mol. The van der Waals surface area contributed by atoms with Crippen LogP contribution in [-0.4, -0.2) is 84.0 Å². The quantitative estimate of drug-likeness (QED) is 0.599. The molecular weight excluding hydrogens is 420 g/mol. The molecule has 33 heavy (non-hydrogen) atoms. The summed E-state index contributed by atoms with van der Waals surface area (Å²) in [6.07, 6.45) is 4.86. The third-order valence-electron chi connectivity index (χ3n) is 6.72. The van der Waals surface area contributed by atoms with Gasteiger partial charge in [0.15, 0.2) is 0 Å². The molecule has 2 aromatic rings. The van der Waals surface area contributed by atoms with Crippen LogP contribution in [-0.2, 0) is 9.47 Å². The number of rotatable bonds is 7. The van der Waals surface area contributed by atoms with Gasteiger partial charge in [-0.2, -0.15) is 5.10 Å². The standard InChI is InChI=1S/C25H34N4O4/c1-3-33-25(31)23-18-26-29(19(23)2)22-6-4-21(5-7-22)24(30)28-12-9-20(10-13-28)8-11-27-14-16-32-17-15-27/h4-7,18,20H,3,8-17H2,1-2H3. The van der Waals surface area contributed by atoms with Gasteiger partial charge in [-0.05, 0) is 69.8 Å². The first-order valence-electron chi connectivity index (χ1n) is 12.0. The lowest BCUT2D eigenvalue weighted by atomic mass is 9.93. The number of hydrogen-bond donors (Lipinski definition) is 0. The van der Waals surface area contributed by atoms with E-state index >= 15 is 0 Å². The number of morpholine rings is 1. The first-order chi connectivity index (χ1) is 16.1. The molecule has 8 nitrogen and oxygen atoms in total. The Morgan fingerprint density at radius 3 is 2.45 bits per heavy atom. The summed E-state index contributed by atoms with van der Waals surface area (Å²) in [6, 6.07) is 7.43. The summed E-state index contributed by atoms with van der Waals surface area (Å²) in [7, 11) is 0. The summed E-state index contributed by atoms with van der Waals surface area (Å²) in [5, 5.41) is 4.32. The van der Waals surface area contributed by atoms with Gasteiger partial charge < -0.3 is 14.4 Å². The number of ether oxygens (including phenoxy) is 2. The third-order valence-corrected chi connectivity index (χ3v) is 6.72. The number of aromatic nitrogens is 2. The van der Waals surface area contributed by atoms with Crippen LogP contribution in [0.2, 0.25) is 0 Å². The van der Waals surface area contributed by atoms with Crippen LogP contribution >= 0.6 is 0 Å². The van der Waals surface area contributed by atoms with Crippen molar-refractivity contribution in [2.24, 2.45) is 5.92 Å². The van der Waals surface area contributed by atoms with Crippen LogP contribution in [0.4, 0.5) is 0 Å². The monoisotopic (exact) mass is 454 g/mol. The van der Waals surface area contributed by atoms with E-state index in [2.05, 4.69) is 10.00 Å². The molecule has 0 unspecified atom stereocenters. The molecule has 0 N–H and O–H groups in total. The maximum absolute atomic E-state index is 13.0. The summed E-state index contributed by atoms with van der Waals surface area (Å²) >= 11 is 0. The molecule has 2 aliphatic rings. The lowest BCUT2D eigenvalue weighted by Crippen LogP contribution is -2.40. The number of nitrogens with zero attached hydrogens (tertiary/aromatic N) is 4. The van der Waals surface area contributed by atoms with E-state index in [1.54, 1.807) is 11.6 Å². The molecule has 4 rings (SSSR count). The second-order valence-electron chi connectivity index (χ2n) is 8.80. The van der Waals surface area contributed by atoms with E-state index in [9.17, 15) is 9.59 Å². The fourth-order valence-electron chi connectivity index (χ4n) is 4.62. The SMILES string of the molecule is CCOC(=O)c1cnn(-c2ccc(C(=O)N3CCC(CCN4CCOCC4)CC3)cc2)c1C. The van der Waals surface area contributed by atoms with E-state index in [1.807, 2.05) is 36.1 Å². The van der Waals surface area contributed by atoms with Crippen molar-refractivity contribution < 1.29 is 19.1 Å². The molecule has 2 fully saturated rings. The van der Waals surface area contributed by atoms with Crippen molar-refractivity contribution in [2.45, 2.75) is 33.1 Å². The van der Waals surface area contributed by atoms with Crippen LogP contribution in [0.15, 0.2) is 30.5 Å². The fraction of sp³-hybridized carbons (Fsp3) is 0.560. The van der Waals surface area contributed by atoms with Gasteiger partial charge in [-0.3, -0.25) is 9.69 Å². The number of esters is 1. The van der Waals surface area contributed by atoms with Gasteiger partial charge in [0.1, 0.15) is 5.56 Å². The van der Waals surface area contributed by atoms with Crippen LogP contribution in [0, 0.1) is 12.8 Å². The summed E-state index contributed by atoms with van der Waals surface area (Å²) in [5.74, 6) is 0.398. The van der Waals surface area contributed by atoms with Crippen molar-refractivity contribution in [3.05, 3.63) is 47.3 Å².